The highest BCUT2D eigenvalue weighted by molar-refractivity contribution is 5.39. The van der Waals surface area contributed by atoms with Crippen LogP contribution in [0.3, 0.4) is 0 Å². The molecule has 1 saturated heterocycles. The van der Waals surface area contributed by atoms with E-state index in [1.54, 1.807) is 0 Å². The Morgan fingerprint density at radius 3 is 2.47 bits per heavy atom. The predicted octanol–water partition coefficient (Wildman–Crippen LogP) is 2.34. The second-order valence-electron chi connectivity index (χ2n) is 6.74. The van der Waals surface area contributed by atoms with E-state index in [0.717, 1.165) is 19.5 Å². The van der Waals surface area contributed by atoms with Gasteiger partial charge in [-0.2, -0.15) is 0 Å². The van der Waals surface area contributed by atoms with Crippen molar-refractivity contribution in [1.82, 2.24) is 4.90 Å². The Hall–Kier alpha value is -0.860. The first-order chi connectivity index (χ1) is 7.92. The van der Waals surface area contributed by atoms with Crippen LogP contribution in [-0.4, -0.2) is 23.5 Å². The van der Waals surface area contributed by atoms with Crippen LogP contribution in [0.5, 0.6) is 0 Å². The summed E-state index contributed by atoms with van der Waals surface area (Å²) in [4.78, 5) is 2.54. The molecule has 1 aliphatic heterocycles. The highest BCUT2D eigenvalue weighted by atomic mass is 15.3. The van der Waals surface area contributed by atoms with Crippen LogP contribution in [0.1, 0.15) is 37.9 Å². The maximum atomic E-state index is 6.47. The van der Waals surface area contributed by atoms with Crippen molar-refractivity contribution >= 4 is 0 Å². The minimum atomic E-state index is 0.234. The Bertz CT molecular complexity index is 438. The molecule has 2 aliphatic rings. The van der Waals surface area contributed by atoms with Crippen molar-refractivity contribution in [1.29, 1.82) is 0 Å². The molecular formula is C15H22N2. The SMILES string of the molecule is CC(C)(C)N1CC2(Cc3ccccc3[C@@H]2N)C1. The first-order valence-corrected chi connectivity index (χ1v) is 6.51. The zero-order valence-electron chi connectivity index (χ0n) is 11.0. The van der Waals surface area contributed by atoms with Gasteiger partial charge in [0.05, 0.1) is 0 Å². The number of fused-ring (bicyclic) bond motifs is 1. The summed E-state index contributed by atoms with van der Waals surface area (Å²) < 4.78 is 0. The lowest BCUT2D eigenvalue weighted by atomic mass is 9.72. The lowest BCUT2D eigenvalue weighted by Crippen LogP contribution is -2.65. The van der Waals surface area contributed by atoms with E-state index in [1.165, 1.54) is 11.1 Å². The van der Waals surface area contributed by atoms with Crippen molar-refractivity contribution < 1.29 is 0 Å². The number of nitrogens with zero attached hydrogens (tertiary/aromatic N) is 1. The summed E-state index contributed by atoms with van der Waals surface area (Å²) in [5, 5.41) is 0. The average molecular weight is 230 g/mol. The standard InChI is InChI=1S/C15H22N2/c1-14(2,3)17-9-15(10-17)8-11-6-4-5-7-12(11)13(15)16/h4-7,13H,8-10,16H2,1-3H3/t13-/m0/s1. The molecule has 1 fully saturated rings. The fourth-order valence-electron chi connectivity index (χ4n) is 3.31. The molecular weight excluding hydrogens is 208 g/mol. The monoisotopic (exact) mass is 230 g/mol. The Morgan fingerprint density at radius 2 is 1.88 bits per heavy atom. The van der Waals surface area contributed by atoms with Gasteiger partial charge in [-0.05, 0) is 38.3 Å². The Balaban J connectivity index is 1.83. The van der Waals surface area contributed by atoms with Crippen LogP contribution in [0, 0.1) is 5.41 Å². The van der Waals surface area contributed by atoms with Crippen LogP contribution in [0.15, 0.2) is 24.3 Å². The molecule has 2 heteroatoms. The van der Waals surface area contributed by atoms with Gasteiger partial charge >= 0.3 is 0 Å². The lowest BCUT2D eigenvalue weighted by molar-refractivity contribution is -0.0672. The van der Waals surface area contributed by atoms with Crippen molar-refractivity contribution in [2.75, 3.05) is 13.1 Å². The van der Waals surface area contributed by atoms with E-state index in [4.69, 9.17) is 5.73 Å². The van der Waals surface area contributed by atoms with Gasteiger partial charge in [-0.3, -0.25) is 4.90 Å². The normalized spacial score (nSPS) is 26.9. The smallest absolute Gasteiger partial charge is 0.0382 e. The van der Waals surface area contributed by atoms with Crippen molar-refractivity contribution in [2.24, 2.45) is 11.1 Å². The van der Waals surface area contributed by atoms with Crippen molar-refractivity contribution in [2.45, 2.75) is 38.8 Å². The lowest BCUT2D eigenvalue weighted by Gasteiger charge is -2.56. The molecule has 2 nitrogen and oxygen atoms in total. The number of hydrogen-bond donors (Lipinski definition) is 1. The van der Waals surface area contributed by atoms with Gasteiger partial charge < -0.3 is 5.73 Å². The van der Waals surface area contributed by atoms with Gasteiger partial charge in [-0.15, -0.1) is 0 Å². The fourth-order valence-corrected chi connectivity index (χ4v) is 3.31. The molecule has 92 valence electrons. The molecule has 1 aliphatic carbocycles. The molecule has 2 N–H and O–H groups in total. The molecule has 17 heavy (non-hydrogen) atoms. The van der Waals surface area contributed by atoms with E-state index >= 15 is 0 Å². The molecule has 0 saturated carbocycles. The van der Waals surface area contributed by atoms with Crippen molar-refractivity contribution in [3.05, 3.63) is 35.4 Å². The van der Waals surface area contributed by atoms with E-state index in [0.29, 0.717) is 5.41 Å². The molecule has 1 aromatic carbocycles. The van der Waals surface area contributed by atoms with E-state index in [-0.39, 0.29) is 11.6 Å². The zero-order valence-corrected chi connectivity index (χ0v) is 11.0. The fraction of sp³-hybridized carbons (Fsp3) is 0.600. The van der Waals surface area contributed by atoms with Gasteiger partial charge in [-0.1, -0.05) is 24.3 Å². The molecule has 0 unspecified atom stereocenters. The zero-order chi connectivity index (χ0) is 12.3. The molecule has 0 bridgehead atoms. The largest absolute Gasteiger partial charge is 0.323 e. The minimum Gasteiger partial charge on any atom is -0.323 e. The minimum absolute atomic E-state index is 0.234. The van der Waals surface area contributed by atoms with Crippen LogP contribution in [0.25, 0.3) is 0 Å². The van der Waals surface area contributed by atoms with Crippen molar-refractivity contribution in [3.8, 4) is 0 Å². The number of benzene rings is 1. The summed E-state index contributed by atoms with van der Waals surface area (Å²) in [6.45, 7) is 9.15. The van der Waals surface area contributed by atoms with E-state index < -0.39 is 0 Å². The highest BCUT2D eigenvalue weighted by Crippen LogP contribution is 2.51. The maximum Gasteiger partial charge on any atom is 0.0382 e. The summed E-state index contributed by atoms with van der Waals surface area (Å²) in [7, 11) is 0. The second kappa shape index (κ2) is 3.33. The van der Waals surface area contributed by atoms with Gasteiger partial charge in [0.2, 0.25) is 0 Å². The quantitative estimate of drug-likeness (QED) is 0.741. The molecule has 3 rings (SSSR count). The molecule has 1 spiro atoms. The number of rotatable bonds is 0. The Morgan fingerprint density at radius 1 is 1.24 bits per heavy atom. The van der Waals surface area contributed by atoms with Gasteiger partial charge in [0, 0.05) is 30.1 Å². The predicted molar refractivity (Wildman–Crippen MR) is 70.8 cm³/mol. The van der Waals surface area contributed by atoms with Gasteiger partial charge in [0.15, 0.2) is 0 Å². The highest BCUT2D eigenvalue weighted by Gasteiger charge is 2.54. The molecule has 1 heterocycles. The third-order valence-corrected chi connectivity index (χ3v) is 4.55. The summed E-state index contributed by atoms with van der Waals surface area (Å²) in [5.41, 5.74) is 9.90. The number of nitrogens with two attached hydrogens (primary N) is 1. The van der Waals surface area contributed by atoms with Crippen LogP contribution >= 0.6 is 0 Å². The molecule has 1 atom stereocenters. The molecule has 1 aromatic rings. The maximum absolute atomic E-state index is 6.47. The van der Waals surface area contributed by atoms with Crippen LogP contribution in [0.2, 0.25) is 0 Å². The van der Waals surface area contributed by atoms with E-state index in [9.17, 15) is 0 Å². The topological polar surface area (TPSA) is 29.3 Å². The summed E-state index contributed by atoms with van der Waals surface area (Å²) in [5.74, 6) is 0. The Labute approximate surface area is 104 Å². The van der Waals surface area contributed by atoms with E-state index in [2.05, 4.69) is 49.9 Å². The Kier molecular flexibility index (Phi) is 2.20. The first-order valence-electron chi connectivity index (χ1n) is 6.51. The van der Waals surface area contributed by atoms with Crippen molar-refractivity contribution in [3.63, 3.8) is 0 Å². The molecule has 0 radical (unpaired) electrons. The number of hydrogen-bond acceptors (Lipinski definition) is 2. The van der Waals surface area contributed by atoms with Gasteiger partial charge in [0.25, 0.3) is 0 Å². The third kappa shape index (κ3) is 1.54. The summed E-state index contributed by atoms with van der Waals surface area (Å²) in [6, 6.07) is 8.92. The summed E-state index contributed by atoms with van der Waals surface area (Å²) >= 11 is 0. The van der Waals surface area contributed by atoms with Crippen LogP contribution in [-0.2, 0) is 6.42 Å². The van der Waals surface area contributed by atoms with Crippen LogP contribution < -0.4 is 5.73 Å². The van der Waals surface area contributed by atoms with Gasteiger partial charge in [0.1, 0.15) is 0 Å². The van der Waals surface area contributed by atoms with Gasteiger partial charge in [-0.25, -0.2) is 0 Å². The average Bonchev–Trinajstić information content (AvgIpc) is 2.49. The molecule has 0 aromatic heterocycles. The van der Waals surface area contributed by atoms with E-state index in [1.807, 2.05) is 0 Å². The first kappa shape index (κ1) is 11.2. The summed E-state index contributed by atoms with van der Waals surface area (Å²) in [6.07, 6.45) is 1.16. The molecule has 0 amide bonds. The second-order valence-corrected chi connectivity index (χ2v) is 6.74. The number of likely N-dealkylation sites (tertiary alicyclic amines) is 1. The third-order valence-electron chi connectivity index (χ3n) is 4.55. The van der Waals surface area contributed by atoms with Crippen LogP contribution in [0.4, 0.5) is 0 Å².